The van der Waals surface area contributed by atoms with Crippen LogP contribution >= 0.6 is 0 Å². The number of hydrogen-bond acceptors (Lipinski definition) is 3. The second kappa shape index (κ2) is 13.3. The number of rotatable bonds is 9. The smallest absolute Gasteiger partial charge is 0.223 e. The summed E-state index contributed by atoms with van der Waals surface area (Å²) in [7, 11) is 0. The molecule has 1 atom stereocenters. The van der Waals surface area contributed by atoms with Crippen LogP contribution in [0.25, 0.3) is 10.9 Å². The van der Waals surface area contributed by atoms with E-state index in [9.17, 15) is 9.18 Å². The largest absolute Gasteiger partial charge is 0.457 e. The van der Waals surface area contributed by atoms with Crippen molar-refractivity contribution in [3.05, 3.63) is 162 Å². The highest BCUT2D eigenvalue weighted by atomic mass is 19.1. The van der Waals surface area contributed by atoms with Crippen molar-refractivity contribution in [3.63, 3.8) is 0 Å². The zero-order valence-electron chi connectivity index (χ0n) is 25.6. The molecule has 0 spiro atoms. The molecule has 1 saturated heterocycles. The highest BCUT2D eigenvalue weighted by molar-refractivity contribution is 5.87. The number of amides is 1. The van der Waals surface area contributed by atoms with Crippen molar-refractivity contribution in [1.82, 2.24) is 9.47 Å². The molecule has 5 nitrogen and oxygen atoms in total. The summed E-state index contributed by atoms with van der Waals surface area (Å²) in [6.45, 7) is 3.01. The van der Waals surface area contributed by atoms with E-state index in [4.69, 9.17) is 4.74 Å². The van der Waals surface area contributed by atoms with E-state index in [2.05, 4.69) is 71.4 Å². The third kappa shape index (κ3) is 6.38. The van der Waals surface area contributed by atoms with Gasteiger partial charge in [-0.05, 0) is 59.2 Å². The van der Waals surface area contributed by atoms with E-state index in [1.54, 1.807) is 12.1 Å². The molecule has 0 aliphatic carbocycles. The van der Waals surface area contributed by atoms with Crippen molar-refractivity contribution in [1.29, 1.82) is 0 Å². The Morgan fingerprint density at radius 1 is 0.717 bits per heavy atom. The van der Waals surface area contributed by atoms with Gasteiger partial charge in [-0.25, -0.2) is 4.39 Å². The van der Waals surface area contributed by atoms with Gasteiger partial charge in [-0.3, -0.25) is 4.79 Å². The van der Waals surface area contributed by atoms with E-state index in [-0.39, 0.29) is 17.6 Å². The number of anilines is 1. The number of halogens is 1. The molecule has 6 aromatic rings. The Balaban J connectivity index is 1.21. The van der Waals surface area contributed by atoms with E-state index in [0.29, 0.717) is 38.3 Å². The van der Waals surface area contributed by atoms with Gasteiger partial charge < -0.3 is 19.1 Å². The van der Waals surface area contributed by atoms with Gasteiger partial charge in [0.2, 0.25) is 5.91 Å². The Kier molecular flexibility index (Phi) is 8.51. The maximum Gasteiger partial charge on any atom is 0.223 e. The van der Waals surface area contributed by atoms with E-state index in [0.717, 1.165) is 40.1 Å². The number of carbonyl (C=O) groups is 1. The first-order valence-corrected chi connectivity index (χ1v) is 15.8. The van der Waals surface area contributed by atoms with Crippen LogP contribution in [-0.2, 0) is 11.3 Å². The molecule has 2 heterocycles. The molecule has 6 heteroatoms. The van der Waals surface area contributed by atoms with Crippen LogP contribution in [0.1, 0.15) is 29.0 Å². The first kappa shape index (κ1) is 29.4. The maximum absolute atomic E-state index is 14.5. The van der Waals surface area contributed by atoms with Crippen molar-refractivity contribution in [3.8, 4) is 11.5 Å². The number of carbonyl (C=O) groups excluding carboxylic acids is 1. The third-order valence-electron chi connectivity index (χ3n) is 8.83. The quantitative estimate of drug-likeness (QED) is 0.165. The lowest BCUT2D eigenvalue weighted by molar-refractivity contribution is -0.131. The number of para-hydroxylation sites is 3. The number of hydrogen-bond donors (Lipinski definition) is 0. The molecule has 230 valence electrons. The topological polar surface area (TPSA) is 37.7 Å². The van der Waals surface area contributed by atoms with E-state index < -0.39 is 0 Å². The Bertz CT molecular complexity index is 1930. The predicted octanol–water partition coefficient (Wildman–Crippen LogP) is 8.49. The Hall–Kier alpha value is -5.36. The summed E-state index contributed by atoms with van der Waals surface area (Å²) in [6.07, 6.45) is 2.53. The van der Waals surface area contributed by atoms with Crippen molar-refractivity contribution in [2.75, 3.05) is 31.1 Å². The highest BCUT2D eigenvalue weighted by Crippen LogP contribution is 2.37. The molecule has 0 N–H and O–H groups in total. The average Bonchev–Trinajstić information content (AvgIpc) is 3.46. The Labute approximate surface area is 269 Å². The van der Waals surface area contributed by atoms with Gasteiger partial charge in [-0.15, -0.1) is 0 Å². The molecule has 0 saturated carbocycles. The number of nitrogens with zero attached hydrogens (tertiary/aromatic N) is 3. The molecule has 1 fully saturated rings. The van der Waals surface area contributed by atoms with Gasteiger partial charge in [-0.1, -0.05) is 91.0 Å². The summed E-state index contributed by atoms with van der Waals surface area (Å²) in [6, 6.07) is 43.6. The molecule has 0 unspecified atom stereocenters. The number of fused-ring (bicyclic) bond motifs is 1. The molecule has 1 amide bonds. The summed E-state index contributed by atoms with van der Waals surface area (Å²) in [5.74, 6) is 1.16. The van der Waals surface area contributed by atoms with Crippen molar-refractivity contribution in [2.24, 2.45) is 0 Å². The van der Waals surface area contributed by atoms with Crippen LogP contribution < -0.4 is 9.64 Å². The molecule has 1 aliphatic heterocycles. The molecule has 1 aromatic heterocycles. The molecular weight excluding hydrogens is 573 g/mol. The minimum absolute atomic E-state index is 0.0902. The summed E-state index contributed by atoms with van der Waals surface area (Å²) < 4.78 is 23.0. The number of benzene rings is 5. The monoisotopic (exact) mass is 609 g/mol. The zero-order chi connectivity index (χ0) is 31.3. The molecule has 1 aliphatic rings. The minimum atomic E-state index is -0.230. The fourth-order valence-electron chi connectivity index (χ4n) is 6.50. The van der Waals surface area contributed by atoms with E-state index >= 15 is 0 Å². The summed E-state index contributed by atoms with van der Waals surface area (Å²) in [5, 5.41) is 1.13. The van der Waals surface area contributed by atoms with Crippen LogP contribution in [0, 0.1) is 5.82 Å². The lowest BCUT2D eigenvalue weighted by Crippen LogP contribution is -2.49. The molecular formula is C40H36FN3O2. The third-order valence-corrected chi connectivity index (χ3v) is 8.83. The van der Waals surface area contributed by atoms with Crippen LogP contribution in [0.15, 0.2) is 140 Å². The van der Waals surface area contributed by atoms with Gasteiger partial charge in [0, 0.05) is 62.2 Å². The van der Waals surface area contributed by atoms with Gasteiger partial charge in [0.15, 0.2) is 0 Å². The van der Waals surface area contributed by atoms with Gasteiger partial charge in [0.1, 0.15) is 17.3 Å². The fraction of sp³-hybridized carbons (Fsp3) is 0.175. The second-order valence-electron chi connectivity index (χ2n) is 11.8. The average molecular weight is 610 g/mol. The molecule has 0 radical (unpaired) electrons. The highest BCUT2D eigenvalue weighted by Gasteiger charge is 2.28. The first-order valence-electron chi connectivity index (χ1n) is 15.8. The number of ether oxygens (including phenoxy) is 1. The number of aromatic nitrogens is 1. The molecule has 5 aromatic carbocycles. The van der Waals surface area contributed by atoms with Crippen molar-refractivity contribution in [2.45, 2.75) is 18.9 Å². The summed E-state index contributed by atoms with van der Waals surface area (Å²) in [4.78, 5) is 18.0. The lowest BCUT2D eigenvalue weighted by Gasteiger charge is -2.36. The number of piperazine rings is 1. The zero-order valence-corrected chi connectivity index (χ0v) is 25.6. The van der Waals surface area contributed by atoms with Crippen LogP contribution in [-0.4, -0.2) is 41.6 Å². The summed E-state index contributed by atoms with van der Waals surface area (Å²) >= 11 is 0. The van der Waals surface area contributed by atoms with E-state index in [1.165, 1.54) is 11.6 Å². The van der Waals surface area contributed by atoms with Gasteiger partial charge in [0.25, 0.3) is 0 Å². The van der Waals surface area contributed by atoms with Gasteiger partial charge in [0.05, 0.1) is 5.69 Å². The van der Waals surface area contributed by atoms with E-state index in [1.807, 2.05) is 64.4 Å². The van der Waals surface area contributed by atoms with Gasteiger partial charge in [-0.2, -0.15) is 0 Å². The standard InChI is InChI=1S/C40H36FN3O2/c41-37-19-8-10-21-39(37)42-22-24-43(25-23-42)40(45)27-35(31-14-11-17-33(26-31)46-32-15-5-2-6-16-32)36-29-44(28-30-12-3-1-4-13-30)38-20-9-7-18-34(36)38/h1-21,26,29,35H,22-25,27-28H2/t35-/m0/s1. The minimum Gasteiger partial charge on any atom is -0.457 e. The lowest BCUT2D eigenvalue weighted by atomic mass is 9.87. The molecule has 7 rings (SSSR count). The second-order valence-corrected chi connectivity index (χ2v) is 11.8. The van der Waals surface area contributed by atoms with Crippen LogP contribution in [0.2, 0.25) is 0 Å². The SMILES string of the molecule is O=C(C[C@@H](c1cccc(Oc2ccccc2)c1)c1cn(Cc2ccccc2)c2ccccc12)N1CCN(c2ccccc2F)CC1. The van der Waals surface area contributed by atoms with Crippen LogP contribution in [0.5, 0.6) is 11.5 Å². The Morgan fingerprint density at radius 2 is 1.39 bits per heavy atom. The molecule has 0 bridgehead atoms. The van der Waals surface area contributed by atoms with Crippen molar-refractivity contribution >= 4 is 22.5 Å². The fourth-order valence-corrected chi connectivity index (χ4v) is 6.50. The molecule has 46 heavy (non-hydrogen) atoms. The van der Waals surface area contributed by atoms with Crippen molar-refractivity contribution < 1.29 is 13.9 Å². The predicted molar refractivity (Wildman–Crippen MR) is 182 cm³/mol. The van der Waals surface area contributed by atoms with Gasteiger partial charge >= 0.3 is 0 Å². The van der Waals surface area contributed by atoms with Crippen LogP contribution in [0.4, 0.5) is 10.1 Å². The Morgan fingerprint density at radius 3 is 2.17 bits per heavy atom. The first-order chi connectivity index (χ1) is 22.6. The summed E-state index contributed by atoms with van der Waals surface area (Å²) in [5.41, 5.74) is 5.08. The maximum atomic E-state index is 14.5. The van der Waals surface area contributed by atoms with Crippen LogP contribution in [0.3, 0.4) is 0 Å². The normalized spacial score (nSPS) is 13.9.